The van der Waals surface area contributed by atoms with Crippen LogP contribution in [-0.2, 0) is 9.53 Å². The van der Waals surface area contributed by atoms with Crippen molar-refractivity contribution < 1.29 is 9.53 Å². The van der Waals surface area contributed by atoms with E-state index in [2.05, 4.69) is 25.1 Å². The van der Waals surface area contributed by atoms with E-state index in [1.807, 2.05) is 12.1 Å². The van der Waals surface area contributed by atoms with Gasteiger partial charge in [-0.25, -0.2) is 4.98 Å². The number of amides is 1. The Morgan fingerprint density at radius 1 is 1.38 bits per heavy atom. The third-order valence-electron chi connectivity index (χ3n) is 5.17. The molecule has 1 saturated carbocycles. The first-order chi connectivity index (χ1) is 14.2. The topological polar surface area (TPSA) is 108 Å². The van der Waals surface area contributed by atoms with Crippen molar-refractivity contribution in [3.63, 3.8) is 0 Å². The van der Waals surface area contributed by atoms with Gasteiger partial charge in [-0.3, -0.25) is 9.36 Å². The molecule has 3 aromatic rings. The molecule has 1 aliphatic carbocycles. The largest absolute Gasteiger partial charge is 0.397 e. The highest BCUT2D eigenvalue weighted by Gasteiger charge is 2.32. The molecule has 2 aliphatic rings. The molecule has 1 atom stereocenters. The van der Waals surface area contributed by atoms with Crippen LogP contribution in [0.3, 0.4) is 0 Å². The van der Waals surface area contributed by atoms with E-state index in [0.717, 1.165) is 58.4 Å². The number of anilines is 1. The van der Waals surface area contributed by atoms with Crippen LogP contribution in [0, 0.1) is 0 Å². The second-order valence-corrected chi connectivity index (χ2v) is 9.28. The van der Waals surface area contributed by atoms with Gasteiger partial charge in [-0.05, 0) is 37.8 Å². The Kier molecular flexibility index (Phi) is 5.15. The Morgan fingerprint density at radius 3 is 3.03 bits per heavy atom. The van der Waals surface area contributed by atoms with Gasteiger partial charge in [-0.15, -0.1) is 21.5 Å². The molecule has 1 amide bonds. The van der Waals surface area contributed by atoms with Crippen molar-refractivity contribution >= 4 is 44.9 Å². The van der Waals surface area contributed by atoms with E-state index < -0.39 is 0 Å². The fourth-order valence-electron chi connectivity index (χ4n) is 3.52. The number of hydrogen-bond acceptors (Lipinski definition) is 8. The van der Waals surface area contributed by atoms with E-state index >= 15 is 0 Å². The molecule has 29 heavy (non-hydrogen) atoms. The molecule has 1 saturated heterocycles. The highest BCUT2D eigenvalue weighted by molar-refractivity contribution is 7.99. The number of thiophene rings is 1. The second-order valence-electron chi connectivity index (χ2n) is 7.34. The lowest BCUT2D eigenvalue weighted by Crippen LogP contribution is -2.32. The molecular weight excluding hydrogens is 408 g/mol. The quantitative estimate of drug-likeness (QED) is 0.555. The molecule has 1 aliphatic heterocycles. The molecule has 0 radical (unpaired) electrons. The van der Waals surface area contributed by atoms with Crippen molar-refractivity contribution in [3.8, 4) is 10.7 Å². The molecule has 3 aromatic heterocycles. The van der Waals surface area contributed by atoms with E-state index in [4.69, 9.17) is 10.5 Å². The van der Waals surface area contributed by atoms with Gasteiger partial charge >= 0.3 is 0 Å². The Morgan fingerprint density at radius 2 is 2.28 bits per heavy atom. The second kappa shape index (κ2) is 7.92. The summed E-state index contributed by atoms with van der Waals surface area (Å²) >= 11 is 2.95. The van der Waals surface area contributed by atoms with E-state index in [1.54, 1.807) is 6.20 Å². The van der Waals surface area contributed by atoms with E-state index in [1.165, 1.54) is 23.1 Å². The summed E-state index contributed by atoms with van der Waals surface area (Å²) in [6, 6.07) is 4.23. The number of thioether (sulfide) groups is 1. The van der Waals surface area contributed by atoms with Gasteiger partial charge in [0.1, 0.15) is 4.83 Å². The molecule has 4 heterocycles. The number of nitrogens with two attached hydrogens (primary N) is 1. The lowest BCUT2D eigenvalue weighted by atomic mass is 10.2. The van der Waals surface area contributed by atoms with Crippen molar-refractivity contribution in [2.24, 2.45) is 0 Å². The highest BCUT2D eigenvalue weighted by Crippen LogP contribution is 2.45. The summed E-state index contributed by atoms with van der Waals surface area (Å²) in [5.74, 6) is 1.07. The Hall–Kier alpha value is -2.17. The van der Waals surface area contributed by atoms with Gasteiger partial charge in [0.25, 0.3) is 0 Å². The third-order valence-corrected chi connectivity index (χ3v) is 7.24. The van der Waals surface area contributed by atoms with E-state index in [-0.39, 0.29) is 12.0 Å². The number of hydrogen-bond donors (Lipinski definition) is 2. The normalized spacial score (nSPS) is 19.1. The minimum atomic E-state index is -0.0111. The van der Waals surface area contributed by atoms with Crippen LogP contribution in [0.2, 0.25) is 0 Å². The molecule has 152 valence electrons. The SMILES string of the molecule is Nc1c(-c2nnc(SCC(=O)NC[C@@H]3CCCO3)n2C2CC2)sc2ncccc12. The fourth-order valence-corrected chi connectivity index (χ4v) is 5.40. The zero-order chi connectivity index (χ0) is 19.8. The Bertz CT molecular complexity index is 1040. The summed E-state index contributed by atoms with van der Waals surface area (Å²) in [5.41, 5.74) is 7.09. The summed E-state index contributed by atoms with van der Waals surface area (Å²) in [4.78, 5) is 18.4. The van der Waals surface area contributed by atoms with E-state index in [0.29, 0.717) is 24.0 Å². The number of nitrogens with zero attached hydrogens (tertiary/aromatic N) is 4. The predicted octanol–water partition coefficient (Wildman–Crippen LogP) is 2.86. The molecule has 0 bridgehead atoms. The maximum Gasteiger partial charge on any atom is 0.230 e. The Balaban J connectivity index is 1.33. The number of pyridine rings is 1. The summed E-state index contributed by atoms with van der Waals surface area (Å²) in [5, 5.41) is 13.5. The number of rotatable bonds is 7. The van der Waals surface area contributed by atoms with Crippen LogP contribution in [0.4, 0.5) is 5.69 Å². The number of nitrogens with one attached hydrogen (secondary N) is 1. The minimum Gasteiger partial charge on any atom is -0.397 e. The molecule has 8 nitrogen and oxygen atoms in total. The van der Waals surface area contributed by atoms with Crippen LogP contribution < -0.4 is 11.1 Å². The summed E-state index contributed by atoms with van der Waals surface area (Å²) in [6.07, 6.45) is 6.18. The minimum absolute atomic E-state index is 0.0111. The highest BCUT2D eigenvalue weighted by atomic mass is 32.2. The lowest BCUT2D eigenvalue weighted by Gasteiger charge is -2.11. The molecular formula is C19H22N6O2S2. The average molecular weight is 431 g/mol. The molecule has 0 spiro atoms. The van der Waals surface area contributed by atoms with Gasteiger partial charge in [0.15, 0.2) is 11.0 Å². The number of nitrogen functional groups attached to an aromatic ring is 1. The first-order valence-electron chi connectivity index (χ1n) is 9.80. The van der Waals surface area contributed by atoms with Gasteiger partial charge in [0, 0.05) is 30.8 Å². The molecule has 0 unspecified atom stereocenters. The zero-order valence-electron chi connectivity index (χ0n) is 15.8. The van der Waals surface area contributed by atoms with Crippen LogP contribution in [0.5, 0.6) is 0 Å². The number of ether oxygens (including phenoxy) is 1. The van der Waals surface area contributed by atoms with Crippen molar-refractivity contribution in [3.05, 3.63) is 18.3 Å². The number of carbonyl (C=O) groups excluding carboxylic acids is 1. The standard InChI is InChI=1S/C19H22N6O2S2/c20-15-13-4-1-7-21-18(13)29-16(15)17-23-24-19(25(17)11-5-6-11)28-10-14(26)22-9-12-3-2-8-27-12/h1,4,7,11-12H,2-3,5-6,8-10,20H2,(H,22,26)/t12-/m0/s1. The average Bonchev–Trinajstić information content (AvgIpc) is 3.15. The van der Waals surface area contributed by atoms with Gasteiger partial charge in [0.2, 0.25) is 5.91 Å². The van der Waals surface area contributed by atoms with Crippen LogP contribution >= 0.6 is 23.1 Å². The van der Waals surface area contributed by atoms with Crippen molar-refractivity contribution in [1.29, 1.82) is 0 Å². The van der Waals surface area contributed by atoms with Crippen LogP contribution in [0.1, 0.15) is 31.7 Å². The molecule has 3 N–H and O–H groups in total. The van der Waals surface area contributed by atoms with Crippen LogP contribution in [-0.4, -0.2) is 50.7 Å². The smallest absolute Gasteiger partial charge is 0.230 e. The maximum atomic E-state index is 12.2. The number of aromatic nitrogens is 4. The molecule has 0 aromatic carbocycles. The predicted molar refractivity (Wildman–Crippen MR) is 114 cm³/mol. The van der Waals surface area contributed by atoms with Gasteiger partial charge in [-0.2, -0.15) is 0 Å². The van der Waals surface area contributed by atoms with Crippen molar-refractivity contribution in [1.82, 2.24) is 25.1 Å². The van der Waals surface area contributed by atoms with Gasteiger partial charge in [0.05, 0.1) is 22.4 Å². The van der Waals surface area contributed by atoms with Crippen LogP contribution in [0.25, 0.3) is 20.9 Å². The Labute approximate surface area is 176 Å². The maximum absolute atomic E-state index is 12.2. The first-order valence-corrected chi connectivity index (χ1v) is 11.6. The van der Waals surface area contributed by atoms with Gasteiger partial charge < -0.3 is 15.8 Å². The summed E-state index contributed by atoms with van der Waals surface area (Å²) in [6.45, 7) is 1.37. The number of fused-ring (bicyclic) bond motifs is 1. The first kappa shape index (κ1) is 18.8. The third kappa shape index (κ3) is 3.84. The zero-order valence-corrected chi connectivity index (χ0v) is 17.5. The van der Waals surface area contributed by atoms with Gasteiger partial charge in [-0.1, -0.05) is 11.8 Å². The van der Waals surface area contributed by atoms with E-state index in [9.17, 15) is 4.79 Å². The molecule has 10 heteroatoms. The summed E-state index contributed by atoms with van der Waals surface area (Å²) < 4.78 is 7.69. The number of carbonyl (C=O) groups is 1. The molecule has 2 fully saturated rings. The fraction of sp³-hybridized carbons (Fsp3) is 0.474. The van der Waals surface area contributed by atoms with Crippen molar-refractivity contribution in [2.45, 2.75) is 43.0 Å². The molecule has 5 rings (SSSR count). The monoisotopic (exact) mass is 430 g/mol. The van der Waals surface area contributed by atoms with Crippen LogP contribution in [0.15, 0.2) is 23.5 Å². The van der Waals surface area contributed by atoms with Crippen molar-refractivity contribution in [2.75, 3.05) is 24.6 Å². The summed E-state index contributed by atoms with van der Waals surface area (Å²) in [7, 11) is 0. The lowest BCUT2D eigenvalue weighted by molar-refractivity contribution is -0.119.